The summed E-state index contributed by atoms with van der Waals surface area (Å²) in [7, 11) is 2.09. The fraction of sp³-hybridized carbons (Fsp3) is 0.500. The van der Waals surface area contributed by atoms with Crippen LogP contribution in [0.5, 0.6) is 11.5 Å². The molecular formula is C24H32N6O4. The van der Waals surface area contributed by atoms with Crippen molar-refractivity contribution in [2.45, 2.75) is 50.8 Å². The fourth-order valence-electron chi connectivity index (χ4n) is 4.43. The Hall–Kier alpha value is -3.24. The van der Waals surface area contributed by atoms with E-state index in [0.717, 1.165) is 38.8 Å². The Morgan fingerprint density at radius 2 is 2.18 bits per heavy atom. The summed E-state index contributed by atoms with van der Waals surface area (Å²) in [4.78, 5) is 35.3. The Morgan fingerprint density at radius 3 is 2.91 bits per heavy atom. The topological polar surface area (TPSA) is 118 Å². The van der Waals surface area contributed by atoms with Crippen molar-refractivity contribution in [2.24, 2.45) is 0 Å². The van der Waals surface area contributed by atoms with E-state index in [4.69, 9.17) is 9.47 Å². The van der Waals surface area contributed by atoms with Crippen LogP contribution in [0.25, 0.3) is 0 Å². The van der Waals surface area contributed by atoms with Gasteiger partial charge in [-0.2, -0.15) is 0 Å². The molecule has 0 radical (unpaired) electrons. The van der Waals surface area contributed by atoms with Gasteiger partial charge < -0.3 is 30.3 Å². The molecule has 3 N–H and O–H groups in total. The van der Waals surface area contributed by atoms with E-state index < -0.39 is 5.91 Å². The number of rotatable bonds is 10. The molecule has 0 spiro atoms. The molecule has 2 aromatic rings. The number of anilines is 2. The molecule has 1 unspecified atom stereocenters. The molecule has 2 saturated heterocycles. The highest BCUT2D eigenvalue weighted by Crippen LogP contribution is 2.31. The molecule has 2 aliphatic rings. The minimum Gasteiger partial charge on any atom is -0.488 e. The van der Waals surface area contributed by atoms with Gasteiger partial charge in [0.2, 0.25) is 6.41 Å². The number of likely N-dealkylation sites (N-methyl/N-ethyl adjacent to an activating group) is 1. The van der Waals surface area contributed by atoms with Crippen molar-refractivity contribution >= 4 is 23.8 Å². The Labute approximate surface area is 199 Å². The van der Waals surface area contributed by atoms with E-state index in [1.165, 1.54) is 6.20 Å². The molecule has 2 aliphatic heterocycles. The summed E-state index contributed by atoms with van der Waals surface area (Å²) in [5.74, 6) is 0.515. The van der Waals surface area contributed by atoms with Gasteiger partial charge in [-0.1, -0.05) is 0 Å². The highest BCUT2D eigenvalue weighted by Gasteiger charge is 2.27. The number of carbonyl (C=O) groups excluding carboxylic acids is 2. The van der Waals surface area contributed by atoms with Crippen LogP contribution >= 0.6 is 0 Å². The van der Waals surface area contributed by atoms with E-state index in [2.05, 4.69) is 37.9 Å². The van der Waals surface area contributed by atoms with E-state index >= 15 is 0 Å². The fourth-order valence-corrected chi connectivity index (χ4v) is 4.43. The van der Waals surface area contributed by atoms with Gasteiger partial charge in [-0.25, -0.2) is 9.97 Å². The Morgan fingerprint density at radius 1 is 1.29 bits per heavy atom. The first kappa shape index (κ1) is 23.9. The molecule has 2 aromatic heterocycles. The highest BCUT2D eigenvalue weighted by atomic mass is 16.5. The van der Waals surface area contributed by atoms with E-state index in [9.17, 15) is 9.59 Å². The molecule has 10 nitrogen and oxygen atoms in total. The number of amides is 2. The third-order valence-corrected chi connectivity index (χ3v) is 6.41. The first-order valence-corrected chi connectivity index (χ1v) is 11.8. The second kappa shape index (κ2) is 11.3. The molecule has 0 bridgehead atoms. The number of hydrogen-bond donors (Lipinski definition) is 3. The molecule has 4 rings (SSSR count). The summed E-state index contributed by atoms with van der Waals surface area (Å²) in [5, 5.41) is 8.81. The summed E-state index contributed by atoms with van der Waals surface area (Å²) in [6, 6.07) is 5.64. The van der Waals surface area contributed by atoms with Gasteiger partial charge in [-0.3, -0.25) is 9.59 Å². The monoisotopic (exact) mass is 468 g/mol. The van der Waals surface area contributed by atoms with Gasteiger partial charge in [0.1, 0.15) is 12.7 Å². The lowest BCUT2D eigenvalue weighted by Gasteiger charge is -2.23. The van der Waals surface area contributed by atoms with E-state index in [0.29, 0.717) is 36.3 Å². The molecule has 3 atom stereocenters. The lowest BCUT2D eigenvalue weighted by Crippen LogP contribution is -2.37. The molecule has 2 fully saturated rings. The Bertz CT molecular complexity index is 997. The van der Waals surface area contributed by atoms with Crippen LogP contribution < -0.4 is 25.4 Å². The zero-order chi connectivity index (χ0) is 23.9. The quantitative estimate of drug-likeness (QED) is 0.455. The molecule has 2 amide bonds. The van der Waals surface area contributed by atoms with Gasteiger partial charge in [0.05, 0.1) is 5.69 Å². The average molecular weight is 469 g/mol. The van der Waals surface area contributed by atoms with Gasteiger partial charge >= 0.3 is 0 Å². The van der Waals surface area contributed by atoms with Gasteiger partial charge in [0, 0.05) is 24.5 Å². The van der Waals surface area contributed by atoms with E-state index in [-0.39, 0.29) is 23.6 Å². The van der Waals surface area contributed by atoms with Crippen molar-refractivity contribution in [1.29, 1.82) is 0 Å². The highest BCUT2D eigenvalue weighted by molar-refractivity contribution is 6.06. The number of nitrogens with one attached hydrogen (secondary N) is 3. The minimum absolute atomic E-state index is 0.0591. The van der Waals surface area contributed by atoms with Gasteiger partial charge in [0.15, 0.2) is 23.0 Å². The normalized spacial score (nSPS) is 21.1. The Kier molecular flexibility index (Phi) is 7.91. The van der Waals surface area contributed by atoms with E-state index in [1.54, 1.807) is 24.4 Å². The maximum absolute atomic E-state index is 13.3. The van der Waals surface area contributed by atoms with Crippen molar-refractivity contribution in [2.75, 3.05) is 37.4 Å². The minimum atomic E-state index is -0.502. The summed E-state index contributed by atoms with van der Waals surface area (Å²) >= 11 is 0. The summed E-state index contributed by atoms with van der Waals surface area (Å²) in [5.41, 5.74) is 0.436. The second-order valence-corrected chi connectivity index (χ2v) is 8.72. The molecule has 0 aliphatic carbocycles. The van der Waals surface area contributed by atoms with Crippen molar-refractivity contribution < 1.29 is 19.1 Å². The number of aromatic nitrogens is 2. The second-order valence-electron chi connectivity index (χ2n) is 8.72. The number of likely N-dealkylation sites (tertiary alicyclic amines) is 1. The number of pyridine rings is 2. The largest absolute Gasteiger partial charge is 0.488 e. The van der Waals surface area contributed by atoms with E-state index in [1.807, 2.05) is 6.92 Å². The first-order valence-electron chi connectivity index (χ1n) is 11.8. The summed E-state index contributed by atoms with van der Waals surface area (Å²) < 4.78 is 12.2. The number of hydrogen-bond acceptors (Lipinski definition) is 8. The third kappa shape index (κ3) is 5.63. The molecule has 182 valence electrons. The van der Waals surface area contributed by atoms with Crippen LogP contribution in [0.2, 0.25) is 0 Å². The van der Waals surface area contributed by atoms with Crippen molar-refractivity contribution in [3.05, 3.63) is 36.3 Å². The van der Waals surface area contributed by atoms with Crippen LogP contribution in [0.15, 0.2) is 30.6 Å². The summed E-state index contributed by atoms with van der Waals surface area (Å²) in [6.07, 6.45) is 7.64. The zero-order valence-electron chi connectivity index (χ0n) is 19.6. The van der Waals surface area contributed by atoms with Crippen LogP contribution in [-0.2, 0) is 4.79 Å². The first-order chi connectivity index (χ1) is 16.6. The maximum Gasteiger partial charge on any atom is 0.279 e. The van der Waals surface area contributed by atoms with Crippen molar-refractivity contribution in [3.8, 4) is 11.5 Å². The average Bonchev–Trinajstić information content (AvgIpc) is 3.52. The smallest absolute Gasteiger partial charge is 0.279 e. The van der Waals surface area contributed by atoms with Crippen LogP contribution in [0.3, 0.4) is 0 Å². The molecule has 10 heteroatoms. The predicted molar refractivity (Wildman–Crippen MR) is 128 cm³/mol. The molecule has 34 heavy (non-hydrogen) atoms. The number of ether oxygens (including phenoxy) is 2. The summed E-state index contributed by atoms with van der Waals surface area (Å²) in [6.45, 7) is 4.44. The van der Waals surface area contributed by atoms with Crippen molar-refractivity contribution in [3.63, 3.8) is 0 Å². The number of nitrogens with zero attached hydrogens (tertiary/aromatic N) is 3. The van der Waals surface area contributed by atoms with Crippen LogP contribution in [0, 0.1) is 0 Å². The lowest BCUT2D eigenvalue weighted by molar-refractivity contribution is -0.105. The van der Waals surface area contributed by atoms with Crippen LogP contribution in [-0.4, -0.2) is 72.1 Å². The molecular weight excluding hydrogens is 436 g/mol. The van der Waals surface area contributed by atoms with Gasteiger partial charge in [0.25, 0.3) is 5.91 Å². The molecule has 0 saturated carbocycles. The van der Waals surface area contributed by atoms with Crippen LogP contribution in [0.1, 0.15) is 43.1 Å². The zero-order valence-corrected chi connectivity index (χ0v) is 19.6. The standard InChI is InChI=1S/C24H32N6O4/c1-16(18-7-3-10-25-18)34-22-19(28-15-31)9-12-26-21(22)24(32)29-23-20(8-4-11-27-23)33-14-17-6-5-13-30(17)2/h4,8-9,11-12,15-18,25H,3,5-7,10,13-14H2,1-2H3,(H,26,28,31)(H,27,29,32)/t16?,17-,18+/m1/s1. The maximum atomic E-state index is 13.3. The third-order valence-electron chi connectivity index (χ3n) is 6.41. The van der Waals surface area contributed by atoms with Gasteiger partial charge in [-0.05, 0) is 70.9 Å². The van der Waals surface area contributed by atoms with Crippen molar-refractivity contribution in [1.82, 2.24) is 20.2 Å². The van der Waals surface area contributed by atoms with Gasteiger partial charge in [-0.15, -0.1) is 0 Å². The SMILES string of the molecule is CC(Oc1c(NC=O)ccnc1C(=O)Nc1ncccc1OC[C@H]1CCCN1C)[C@@H]1CCCN1. The molecule has 4 heterocycles. The lowest BCUT2D eigenvalue weighted by atomic mass is 10.1. The molecule has 0 aromatic carbocycles. The number of carbonyl (C=O) groups is 2. The Balaban J connectivity index is 1.52. The predicted octanol–water partition coefficient (Wildman–Crippen LogP) is 2.29. The van der Waals surface area contributed by atoms with Crippen LogP contribution in [0.4, 0.5) is 11.5 Å².